The molecule has 0 radical (unpaired) electrons. The Morgan fingerprint density at radius 1 is 1.21 bits per heavy atom. The number of benzene rings is 1. The lowest BCUT2D eigenvalue weighted by atomic mass is 10.1. The number of rotatable bonds is 5. The molecule has 0 heterocycles. The maximum absolute atomic E-state index is 12.7. The highest BCUT2D eigenvalue weighted by Crippen LogP contribution is 2.35. The summed E-state index contributed by atoms with van der Waals surface area (Å²) in [6, 6.07) is 5.35. The predicted octanol–water partition coefficient (Wildman–Crippen LogP) is 3.89. The Bertz CT molecular complexity index is 483. The van der Waals surface area contributed by atoms with Crippen molar-refractivity contribution in [3.63, 3.8) is 0 Å². The molecule has 0 bridgehead atoms. The van der Waals surface area contributed by atoms with Crippen LogP contribution in [0.15, 0.2) is 23.1 Å². The van der Waals surface area contributed by atoms with E-state index in [1.807, 2.05) is 11.0 Å². The molecule has 0 aromatic heterocycles. The highest BCUT2D eigenvalue weighted by molar-refractivity contribution is 7.80. The van der Waals surface area contributed by atoms with Crippen molar-refractivity contribution in [2.24, 2.45) is 11.8 Å². The van der Waals surface area contributed by atoms with E-state index < -0.39 is 0 Å². The highest BCUT2D eigenvalue weighted by atomic mass is 35.5. The second-order valence-electron chi connectivity index (χ2n) is 5.76. The van der Waals surface area contributed by atoms with E-state index in [1.54, 1.807) is 12.1 Å². The van der Waals surface area contributed by atoms with Crippen LogP contribution in [0.3, 0.4) is 0 Å². The van der Waals surface area contributed by atoms with E-state index in [-0.39, 0.29) is 5.91 Å². The third kappa shape index (κ3) is 3.46. The maximum Gasteiger partial charge on any atom is 0.255 e. The molecule has 19 heavy (non-hydrogen) atoms. The first-order chi connectivity index (χ1) is 9.13. The Hall–Kier alpha value is -0.670. The molecule has 0 spiro atoms. The molecule has 102 valence electrons. The summed E-state index contributed by atoms with van der Waals surface area (Å²) in [6.45, 7) is 1.78. The molecule has 1 aromatic rings. The van der Waals surface area contributed by atoms with Gasteiger partial charge in [-0.05, 0) is 55.7 Å². The van der Waals surface area contributed by atoms with Gasteiger partial charge in [0.05, 0.1) is 10.6 Å². The molecule has 0 unspecified atom stereocenters. The van der Waals surface area contributed by atoms with Gasteiger partial charge in [0, 0.05) is 18.0 Å². The van der Waals surface area contributed by atoms with Crippen molar-refractivity contribution in [3.05, 3.63) is 28.8 Å². The quantitative estimate of drug-likeness (QED) is 0.817. The first-order valence-electron chi connectivity index (χ1n) is 6.91. The lowest BCUT2D eigenvalue weighted by molar-refractivity contribution is 0.0739. The van der Waals surface area contributed by atoms with Crippen LogP contribution < -0.4 is 0 Å². The van der Waals surface area contributed by atoms with Crippen molar-refractivity contribution in [1.29, 1.82) is 0 Å². The van der Waals surface area contributed by atoms with Gasteiger partial charge in [-0.3, -0.25) is 4.79 Å². The normalized spacial score (nSPS) is 18.4. The van der Waals surface area contributed by atoms with Crippen molar-refractivity contribution < 1.29 is 4.79 Å². The molecular formula is C15H18ClNOS. The Balaban J connectivity index is 1.78. The third-order valence-corrected chi connectivity index (χ3v) is 4.43. The summed E-state index contributed by atoms with van der Waals surface area (Å²) in [5.41, 5.74) is 0.593. The van der Waals surface area contributed by atoms with E-state index >= 15 is 0 Å². The van der Waals surface area contributed by atoms with Crippen molar-refractivity contribution in [3.8, 4) is 0 Å². The van der Waals surface area contributed by atoms with Crippen molar-refractivity contribution in [2.75, 3.05) is 13.1 Å². The molecule has 2 aliphatic rings. The smallest absolute Gasteiger partial charge is 0.255 e. The van der Waals surface area contributed by atoms with Crippen LogP contribution >= 0.6 is 24.2 Å². The first kappa shape index (κ1) is 13.3. The van der Waals surface area contributed by atoms with Crippen LogP contribution in [0.2, 0.25) is 5.02 Å². The number of carbonyl (C=O) groups is 1. The minimum absolute atomic E-state index is 0.0692. The van der Waals surface area contributed by atoms with E-state index in [0.29, 0.717) is 22.4 Å². The molecule has 2 fully saturated rings. The Kier molecular flexibility index (Phi) is 3.77. The number of thiol groups is 1. The van der Waals surface area contributed by atoms with Gasteiger partial charge < -0.3 is 4.90 Å². The molecule has 2 nitrogen and oxygen atoms in total. The second-order valence-corrected chi connectivity index (χ2v) is 6.68. The van der Waals surface area contributed by atoms with Gasteiger partial charge >= 0.3 is 0 Å². The van der Waals surface area contributed by atoms with Gasteiger partial charge in [0.25, 0.3) is 5.91 Å². The van der Waals surface area contributed by atoms with Crippen LogP contribution in [-0.4, -0.2) is 23.9 Å². The van der Waals surface area contributed by atoms with Gasteiger partial charge in [0.15, 0.2) is 0 Å². The summed E-state index contributed by atoms with van der Waals surface area (Å²) in [6.07, 6.45) is 5.03. The molecule has 4 heteroatoms. The Labute approximate surface area is 124 Å². The van der Waals surface area contributed by atoms with Crippen molar-refractivity contribution >= 4 is 30.1 Å². The summed E-state index contributed by atoms with van der Waals surface area (Å²) in [5.74, 6) is 1.49. The monoisotopic (exact) mass is 295 g/mol. The fraction of sp³-hybridized carbons (Fsp3) is 0.533. The van der Waals surface area contributed by atoms with E-state index in [2.05, 4.69) is 12.6 Å². The average Bonchev–Trinajstić information content (AvgIpc) is 3.25. The van der Waals surface area contributed by atoms with Gasteiger partial charge in [-0.25, -0.2) is 0 Å². The van der Waals surface area contributed by atoms with Gasteiger partial charge in [-0.1, -0.05) is 11.6 Å². The third-order valence-electron chi connectivity index (χ3n) is 3.82. The second kappa shape index (κ2) is 5.37. The summed E-state index contributed by atoms with van der Waals surface area (Å²) in [7, 11) is 0. The van der Waals surface area contributed by atoms with Crippen LogP contribution in [0.1, 0.15) is 36.0 Å². The van der Waals surface area contributed by atoms with Crippen LogP contribution in [-0.2, 0) is 0 Å². The first-order valence-corrected chi connectivity index (χ1v) is 7.74. The van der Waals surface area contributed by atoms with Gasteiger partial charge in [-0.2, -0.15) is 0 Å². The van der Waals surface area contributed by atoms with Gasteiger partial charge in [0.1, 0.15) is 0 Å². The lowest BCUT2D eigenvalue weighted by Gasteiger charge is -2.23. The fourth-order valence-corrected chi connectivity index (χ4v) is 2.71. The largest absolute Gasteiger partial charge is 0.338 e. The molecule has 3 rings (SSSR count). The van der Waals surface area contributed by atoms with Crippen molar-refractivity contribution in [1.82, 2.24) is 4.90 Å². The zero-order valence-corrected chi connectivity index (χ0v) is 12.5. The summed E-state index contributed by atoms with van der Waals surface area (Å²) in [5, 5.41) is 0.527. The van der Waals surface area contributed by atoms with Crippen LogP contribution in [0.4, 0.5) is 0 Å². The molecule has 2 aliphatic carbocycles. The number of amides is 1. The highest BCUT2D eigenvalue weighted by Gasteiger charge is 2.32. The average molecular weight is 296 g/mol. The summed E-state index contributed by atoms with van der Waals surface area (Å²) >= 11 is 10.5. The minimum atomic E-state index is 0.0692. The SMILES string of the molecule is O=C(c1cc(S)ccc1Cl)N(CC1CC1)CC1CC1. The van der Waals surface area contributed by atoms with Crippen LogP contribution in [0, 0.1) is 11.8 Å². The molecule has 1 aromatic carbocycles. The molecule has 0 atom stereocenters. The molecule has 0 aliphatic heterocycles. The van der Waals surface area contributed by atoms with Gasteiger partial charge in [-0.15, -0.1) is 12.6 Å². The zero-order chi connectivity index (χ0) is 13.4. The van der Waals surface area contributed by atoms with E-state index in [1.165, 1.54) is 25.7 Å². The Morgan fingerprint density at radius 2 is 1.79 bits per heavy atom. The maximum atomic E-state index is 12.7. The Morgan fingerprint density at radius 3 is 2.32 bits per heavy atom. The molecule has 2 saturated carbocycles. The van der Waals surface area contributed by atoms with Crippen molar-refractivity contribution in [2.45, 2.75) is 30.6 Å². The zero-order valence-electron chi connectivity index (χ0n) is 10.8. The van der Waals surface area contributed by atoms with Crippen LogP contribution in [0.5, 0.6) is 0 Å². The number of hydrogen-bond acceptors (Lipinski definition) is 2. The minimum Gasteiger partial charge on any atom is -0.338 e. The summed E-state index contributed by atoms with van der Waals surface area (Å²) < 4.78 is 0. The number of carbonyl (C=O) groups excluding carboxylic acids is 1. The van der Waals surface area contributed by atoms with E-state index in [9.17, 15) is 4.79 Å². The number of halogens is 1. The predicted molar refractivity (Wildman–Crippen MR) is 80.1 cm³/mol. The summed E-state index contributed by atoms with van der Waals surface area (Å²) in [4.78, 5) is 15.4. The number of hydrogen-bond donors (Lipinski definition) is 1. The molecular weight excluding hydrogens is 278 g/mol. The van der Waals surface area contributed by atoms with E-state index in [4.69, 9.17) is 11.6 Å². The standard InChI is InChI=1S/C15H18ClNOS/c16-14-6-5-12(19)7-13(14)15(18)17(8-10-1-2-10)9-11-3-4-11/h5-7,10-11,19H,1-4,8-9H2. The molecule has 0 N–H and O–H groups in total. The van der Waals surface area contributed by atoms with Crippen LogP contribution in [0.25, 0.3) is 0 Å². The topological polar surface area (TPSA) is 20.3 Å². The number of nitrogens with zero attached hydrogens (tertiary/aromatic N) is 1. The molecule has 1 amide bonds. The fourth-order valence-electron chi connectivity index (χ4n) is 2.31. The van der Waals surface area contributed by atoms with Gasteiger partial charge in [0.2, 0.25) is 0 Å². The molecule has 0 saturated heterocycles. The van der Waals surface area contributed by atoms with E-state index in [0.717, 1.165) is 18.0 Å². The lowest BCUT2D eigenvalue weighted by Crippen LogP contribution is -2.34.